The molecule has 0 spiro atoms. The molecule has 0 saturated carbocycles. The third-order valence-electron chi connectivity index (χ3n) is 3.11. The van der Waals surface area contributed by atoms with Gasteiger partial charge >= 0.3 is 0 Å². The van der Waals surface area contributed by atoms with Crippen LogP contribution < -0.4 is 5.32 Å². The van der Waals surface area contributed by atoms with Crippen molar-refractivity contribution in [3.63, 3.8) is 0 Å². The molecule has 1 amide bonds. The molecule has 2 aromatic carbocycles. The molecule has 0 aliphatic carbocycles. The second-order valence-corrected chi connectivity index (χ2v) is 5.99. The van der Waals surface area contributed by atoms with E-state index in [1.54, 1.807) is 35.6 Å². The van der Waals surface area contributed by atoms with Gasteiger partial charge in [-0.15, -0.1) is 11.3 Å². The summed E-state index contributed by atoms with van der Waals surface area (Å²) in [5.74, 6) is -0.133. The first-order chi connectivity index (χ1) is 10.7. The number of hydrogen-bond donors (Lipinski definition) is 1. The number of thiazole rings is 1. The van der Waals surface area contributed by atoms with Gasteiger partial charge in [0, 0.05) is 21.5 Å². The van der Waals surface area contributed by atoms with Gasteiger partial charge in [0.1, 0.15) is 5.01 Å². The highest BCUT2D eigenvalue weighted by Crippen LogP contribution is 2.23. The van der Waals surface area contributed by atoms with Crippen LogP contribution in [0.25, 0.3) is 10.6 Å². The fourth-order valence-electron chi connectivity index (χ4n) is 1.98. The van der Waals surface area contributed by atoms with Gasteiger partial charge in [0.25, 0.3) is 5.91 Å². The number of carbonyl (C=O) groups is 1. The molecule has 0 radical (unpaired) electrons. The Hall–Kier alpha value is -2.17. The molecular formula is C17H13ClN2OS. The zero-order chi connectivity index (χ0) is 15.4. The summed E-state index contributed by atoms with van der Waals surface area (Å²) < 4.78 is 0. The second-order valence-electron chi connectivity index (χ2n) is 4.70. The highest BCUT2D eigenvalue weighted by Gasteiger charge is 2.08. The minimum Gasteiger partial charge on any atom is -0.346 e. The molecule has 5 heteroatoms. The van der Waals surface area contributed by atoms with Crippen LogP contribution in [0, 0.1) is 0 Å². The minimum absolute atomic E-state index is 0.133. The van der Waals surface area contributed by atoms with Crippen molar-refractivity contribution in [2.45, 2.75) is 6.54 Å². The van der Waals surface area contributed by atoms with Gasteiger partial charge < -0.3 is 5.32 Å². The lowest BCUT2D eigenvalue weighted by atomic mass is 10.2. The molecule has 3 nitrogen and oxygen atoms in total. The lowest BCUT2D eigenvalue weighted by Crippen LogP contribution is -2.22. The van der Waals surface area contributed by atoms with Crippen molar-refractivity contribution < 1.29 is 4.79 Å². The second kappa shape index (κ2) is 6.73. The van der Waals surface area contributed by atoms with Gasteiger partial charge in [-0.1, -0.05) is 41.9 Å². The zero-order valence-electron chi connectivity index (χ0n) is 11.6. The van der Waals surface area contributed by atoms with Gasteiger partial charge in [-0.05, 0) is 24.3 Å². The number of halogens is 1. The molecule has 0 bridgehead atoms. The van der Waals surface area contributed by atoms with Crippen LogP contribution in [0.4, 0.5) is 0 Å². The van der Waals surface area contributed by atoms with Crippen LogP contribution in [0.15, 0.2) is 60.0 Å². The first kappa shape index (κ1) is 14.8. The Labute approximate surface area is 137 Å². The van der Waals surface area contributed by atoms with Crippen LogP contribution in [0.5, 0.6) is 0 Å². The predicted octanol–water partition coefficient (Wildman–Crippen LogP) is 4.39. The van der Waals surface area contributed by atoms with Gasteiger partial charge in [-0.3, -0.25) is 4.79 Å². The topological polar surface area (TPSA) is 42.0 Å². The number of rotatable bonds is 4. The molecule has 0 aliphatic heterocycles. The zero-order valence-corrected chi connectivity index (χ0v) is 13.2. The van der Waals surface area contributed by atoms with Gasteiger partial charge in [0.05, 0.1) is 12.2 Å². The normalized spacial score (nSPS) is 10.4. The summed E-state index contributed by atoms with van der Waals surface area (Å²) in [5, 5.41) is 6.39. The van der Waals surface area contributed by atoms with Crippen molar-refractivity contribution in [1.82, 2.24) is 10.3 Å². The first-order valence-electron chi connectivity index (χ1n) is 6.76. The Morgan fingerprint density at radius 2 is 1.82 bits per heavy atom. The maximum Gasteiger partial charge on any atom is 0.251 e. The van der Waals surface area contributed by atoms with Gasteiger partial charge in [-0.25, -0.2) is 4.98 Å². The van der Waals surface area contributed by atoms with Crippen molar-refractivity contribution in [3.8, 4) is 10.6 Å². The highest BCUT2D eigenvalue weighted by atomic mass is 35.5. The van der Waals surface area contributed by atoms with Crippen molar-refractivity contribution in [1.29, 1.82) is 0 Å². The summed E-state index contributed by atoms with van der Waals surface area (Å²) in [6.07, 6.45) is 0. The average Bonchev–Trinajstić information content (AvgIpc) is 3.03. The van der Waals surface area contributed by atoms with E-state index in [-0.39, 0.29) is 5.91 Å². The Morgan fingerprint density at radius 3 is 2.55 bits per heavy atom. The first-order valence-corrected chi connectivity index (χ1v) is 8.02. The van der Waals surface area contributed by atoms with E-state index in [9.17, 15) is 4.79 Å². The van der Waals surface area contributed by atoms with Crippen LogP contribution in [0.3, 0.4) is 0 Å². The largest absolute Gasteiger partial charge is 0.346 e. The van der Waals surface area contributed by atoms with E-state index in [0.717, 1.165) is 16.3 Å². The van der Waals surface area contributed by atoms with Gasteiger partial charge in [0.15, 0.2) is 0 Å². The minimum atomic E-state index is -0.133. The molecule has 1 heterocycles. The van der Waals surface area contributed by atoms with Crippen LogP contribution in [-0.4, -0.2) is 10.9 Å². The molecule has 0 aliphatic rings. The maximum absolute atomic E-state index is 12.0. The summed E-state index contributed by atoms with van der Waals surface area (Å²) in [4.78, 5) is 16.6. The Bertz CT molecular complexity index is 769. The van der Waals surface area contributed by atoms with Crippen LogP contribution in [0.1, 0.15) is 16.1 Å². The van der Waals surface area contributed by atoms with Gasteiger partial charge in [0.2, 0.25) is 0 Å². The molecule has 0 atom stereocenters. The standard InChI is InChI=1S/C17H13ClN2OS/c18-14-8-6-12(7-9-14)16(21)19-10-15-11-22-17(20-15)13-4-2-1-3-5-13/h1-9,11H,10H2,(H,19,21). The predicted molar refractivity (Wildman–Crippen MR) is 90.2 cm³/mol. The summed E-state index contributed by atoms with van der Waals surface area (Å²) in [6.45, 7) is 0.408. The molecule has 1 aromatic heterocycles. The summed E-state index contributed by atoms with van der Waals surface area (Å²) >= 11 is 7.38. The summed E-state index contributed by atoms with van der Waals surface area (Å²) in [7, 11) is 0. The number of nitrogens with zero attached hydrogens (tertiary/aromatic N) is 1. The molecule has 0 fully saturated rings. The van der Waals surface area contributed by atoms with E-state index in [1.807, 2.05) is 35.7 Å². The van der Waals surface area contributed by atoms with Crippen molar-refractivity contribution in [2.24, 2.45) is 0 Å². The van der Waals surface area contributed by atoms with E-state index in [2.05, 4.69) is 10.3 Å². The molecule has 0 saturated heterocycles. The monoisotopic (exact) mass is 328 g/mol. The maximum atomic E-state index is 12.0. The summed E-state index contributed by atoms with van der Waals surface area (Å²) in [5.41, 5.74) is 2.52. The van der Waals surface area contributed by atoms with Crippen LogP contribution >= 0.6 is 22.9 Å². The molecule has 110 valence electrons. The van der Waals surface area contributed by atoms with E-state index >= 15 is 0 Å². The van der Waals surface area contributed by atoms with Crippen molar-refractivity contribution >= 4 is 28.8 Å². The quantitative estimate of drug-likeness (QED) is 0.771. The van der Waals surface area contributed by atoms with Crippen LogP contribution in [0.2, 0.25) is 5.02 Å². The number of amides is 1. The lowest BCUT2D eigenvalue weighted by molar-refractivity contribution is 0.0950. The Kier molecular flexibility index (Phi) is 4.51. The lowest BCUT2D eigenvalue weighted by Gasteiger charge is -2.03. The van der Waals surface area contributed by atoms with E-state index < -0.39 is 0 Å². The third-order valence-corrected chi connectivity index (χ3v) is 4.30. The molecule has 1 N–H and O–H groups in total. The van der Waals surface area contributed by atoms with E-state index in [1.165, 1.54) is 0 Å². The SMILES string of the molecule is O=C(NCc1csc(-c2ccccc2)n1)c1ccc(Cl)cc1. The fraction of sp³-hybridized carbons (Fsp3) is 0.0588. The van der Waals surface area contributed by atoms with E-state index in [4.69, 9.17) is 11.6 Å². The van der Waals surface area contributed by atoms with Crippen molar-refractivity contribution in [2.75, 3.05) is 0 Å². The van der Waals surface area contributed by atoms with Crippen molar-refractivity contribution in [3.05, 3.63) is 76.3 Å². The molecule has 3 rings (SSSR count). The number of carbonyl (C=O) groups excluding carboxylic acids is 1. The number of benzene rings is 2. The fourth-order valence-corrected chi connectivity index (χ4v) is 2.93. The Balaban J connectivity index is 1.64. The third kappa shape index (κ3) is 3.53. The molecular weight excluding hydrogens is 316 g/mol. The summed E-state index contributed by atoms with van der Waals surface area (Å²) in [6, 6.07) is 16.8. The van der Waals surface area contributed by atoms with Gasteiger partial charge in [-0.2, -0.15) is 0 Å². The van der Waals surface area contributed by atoms with Crippen LogP contribution in [-0.2, 0) is 6.54 Å². The average molecular weight is 329 g/mol. The smallest absolute Gasteiger partial charge is 0.251 e. The van der Waals surface area contributed by atoms with E-state index in [0.29, 0.717) is 17.1 Å². The number of aromatic nitrogens is 1. The number of nitrogens with one attached hydrogen (secondary N) is 1. The molecule has 3 aromatic rings. The Morgan fingerprint density at radius 1 is 1.09 bits per heavy atom. The molecule has 22 heavy (non-hydrogen) atoms. The molecule has 0 unspecified atom stereocenters. The number of hydrogen-bond acceptors (Lipinski definition) is 3. The highest BCUT2D eigenvalue weighted by molar-refractivity contribution is 7.13.